The number of aliphatic hydroxyl groups is 2. The van der Waals surface area contributed by atoms with Crippen molar-refractivity contribution in [3.63, 3.8) is 0 Å². The van der Waals surface area contributed by atoms with Gasteiger partial charge in [0, 0.05) is 37.3 Å². The number of hydrogen-bond donors (Lipinski definition) is 17. The van der Waals surface area contributed by atoms with Crippen LogP contribution in [0.25, 0.3) is 0 Å². The molecule has 0 spiro atoms. The van der Waals surface area contributed by atoms with Crippen molar-refractivity contribution in [1.29, 1.82) is 0 Å². The largest absolute Gasteiger partial charge is 0.508 e. The van der Waals surface area contributed by atoms with Crippen molar-refractivity contribution < 1.29 is 87.9 Å². The number of thioether (sulfide) groups is 1. The lowest BCUT2D eigenvalue weighted by atomic mass is 10.0. The second-order valence-electron chi connectivity index (χ2n) is 22.0. The molecule has 12 amide bonds. The van der Waals surface area contributed by atoms with Crippen molar-refractivity contribution in [3.05, 3.63) is 59.7 Å². The number of benzene rings is 2. The molecule has 13 atom stereocenters. The third kappa shape index (κ3) is 23.5. The first-order valence-corrected chi connectivity index (χ1v) is 32.5. The van der Waals surface area contributed by atoms with E-state index in [1.54, 1.807) is 6.26 Å². The Morgan fingerprint density at radius 2 is 1.07 bits per heavy atom. The molecule has 31 nitrogen and oxygen atoms in total. The number of carboxylic acids is 1. The van der Waals surface area contributed by atoms with Crippen LogP contribution in [0.4, 0.5) is 0 Å². The van der Waals surface area contributed by atoms with E-state index in [1.807, 2.05) is 0 Å². The Morgan fingerprint density at radius 1 is 0.611 bits per heavy atom. The summed E-state index contributed by atoms with van der Waals surface area (Å²) in [4.78, 5) is 180. The summed E-state index contributed by atoms with van der Waals surface area (Å²) >= 11 is 1.26. The van der Waals surface area contributed by atoms with E-state index in [4.69, 9.17) is 17.2 Å². The summed E-state index contributed by atoms with van der Waals surface area (Å²) in [5.74, 6) is -15.3. The minimum absolute atomic E-state index is 0.0463. The van der Waals surface area contributed by atoms with Gasteiger partial charge in [-0.25, -0.2) is 4.79 Å². The summed E-state index contributed by atoms with van der Waals surface area (Å²) in [5, 5.41) is 73.9. The summed E-state index contributed by atoms with van der Waals surface area (Å²) in [6, 6.07) is -7.13. The molecule has 20 N–H and O–H groups in total. The van der Waals surface area contributed by atoms with E-state index in [9.17, 15) is 87.9 Å². The van der Waals surface area contributed by atoms with Crippen molar-refractivity contribution in [2.75, 3.05) is 30.1 Å². The predicted molar refractivity (Wildman–Crippen MR) is 330 cm³/mol. The second-order valence-corrected chi connectivity index (χ2v) is 25.5. The fraction of sp³-hybridized carbons (Fsp3) is 0.554. The molecular weight excluding hydrogens is 1240 g/mol. The van der Waals surface area contributed by atoms with E-state index in [-0.39, 0.29) is 61.0 Å². The van der Waals surface area contributed by atoms with Crippen LogP contribution in [0.5, 0.6) is 11.5 Å². The lowest BCUT2D eigenvalue weighted by molar-refractivity contribution is -0.144. The minimum atomic E-state index is -1.96. The summed E-state index contributed by atoms with van der Waals surface area (Å²) < 4.78 is 0. The van der Waals surface area contributed by atoms with Gasteiger partial charge in [-0.1, -0.05) is 59.7 Å². The number of phenols is 2. The normalized spacial score (nSPS) is 25.5. The van der Waals surface area contributed by atoms with Crippen molar-refractivity contribution in [1.82, 2.24) is 52.8 Å². The smallest absolute Gasteiger partial charge is 0.326 e. The SMILES string of the molecule is CSCC[C@@H]1NC(=O)[C@H](CCC(N)=O)NC(=O)[C@H](Cc2ccc(O)cc2)NC(=O)[C@H]([C@@H](C)O)NC(=O)[C@H]([C@@H](C)O)NC(=O)[C@@H]2CCCN2C(=O)[C@H](CC(N)=O)NC(=O)[C@H](Cc2ccc(O)cc2)NC(=O)[C@@H](N)CSSC[C@@H](C(=O)N[C@H](C(=O)O)C(C)C)NC1=O. The lowest BCUT2D eigenvalue weighted by Gasteiger charge is -2.31. The molecule has 4 rings (SSSR count). The van der Waals surface area contributed by atoms with E-state index >= 15 is 0 Å². The highest BCUT2D eigenvalue weighted by atomic mass is 33.1. The summed E-state index contributed by atoms with van der Waals surface area (Å²) in [6.07, 6.45) is -4.32. The van der Waals surface area contributed by atoms with Crippen LogP contribution in [0.15, 0.2) is 48.5 Å². The molecule has 2 aliphatic heterocycles. The Hall–Kier alpha value is -7.92. The number of hydrogen-bond acceptors (Lipinski definition) is 21. The molecular formula is C56H81N13O18S3. The highest BCUT2D eigenvalue weighted by Crippen LogP contribution is 2.24. The maximum Gasteiger partial charge on any atom is 0.326 e. The Balaban J connectivity index is 1.84. The number of rotatable bonds is 18. The molecule has 2 saturated heterocycles. The zero-order valence-corrected chi connectivity index (χ0v) is 52.6. The number of carboxylic acid groups (broad SMARTS) is 1. The van der Waals surface area contributed by atoms with Gasteiger partial charge in [-0.2, -0.15) is 11.8 Å². The molecule has 0 unspecified atom stereocenters. The number of fused-ring (bicyclic) bond motifs is 1. The number of aliphatic hydroxyl groups excluding tert-OH is 2. The quantitative estimate of drug-likeness (QED) is 0.0624. The van der Waals surface area contributed by atoms with E-state index < -0.39 is 187 Å². The Kier molecular flexibility index (Phi) is 29.9. The van der Waals surface area contributed by atoms with Gasteiger partial charge in [0.25, 0.3) is 0 Å². The molecule has 34 heteroatoms. The van der Waals surface area contributed by atoms with Crippen LogP contribution in [-0.4, -0.2) is 216 Å². The third-order valence-corrected chi connectivity index (χ3v) is 17.4. The molecule has 0 bridgehead atoms. The molecule has 2 aliphatic rings. The van der Waals surface area contributed by atoms with Crippen molar-refractivity contribution in [3.8, 4) is 11.5 Å². The van der Waals surface area contributed by atoms with Crippen LogP contribution in [-0.2, 0) is 75.2 Å². The number of carbonyl (C=O) groups excluding carboxylic acids is 12. The van der Waals surface area contributed by atoms with E-state index in [0.717, 1.165) is 40.3 Å². The summed E-state index contributed by atoms with van der Waals surface area (Å²) in [6.45, 7) is 5.11. The average Bonchev–Trinajstić information content (AvgIpc) is 1.87. The van der Waals surface area contributed by atoms with Gasteiger partial charge in [0.2, 0.25) is 70.9 Å². The number of nitrogens with one attached hydrogen (secondary N) is 9. The van der Waals surface area contributed by atoms with Crippen LogP contribution in [0.2, 0.25) is 0 Å². The molecule has 0 aliphatic carbocycles. The molecule has 90 heavy (non-hydrogen) atoms. The fourth-order valence-corrected chi connectivity index (χ4v) is 12.1. The predicted octanol–water partition coefficient (Wildman–Crippen LogP) is -4.64. The minimum Gasteiger partial charge on any atom is -0.508 e. The molecule has 2 aromatic carbocycles. The molecule has 496 valence electrons. The second kappa shape index (κ2) is 36.1. The van der Waals surface area contributed by atoms with Gasteiger partial charge in [-0.15, -0.1) is 0 Å². The third-order valence-electron chi connectivity index (χ3n) is 14.3. The number of carbonyl (C=O) groups is 13. The first-order chi connectivity index (χ1) is 42.4. The highest BCUT2D eigenvalue weighted by Gasteiger charge is 2.42. The highest BCUT2D eigenvalue weighted by molar-refractivity contribution is 8.76. The zero-order valence-electron chi connectivity index (χ0n) is 50.1. The van der Waals surface area contributed by atoms with Gasteiger partial charge >= 0.3 is 5.97 Å². The van der Waals surface area contributed by atoms with E-state index in [2.05, 4.69) is 47.9 Å². The van der Waals surface area contributed by atoms with Gasteiger partial charge in [-0.3, -0.25) is 57.5 Å². The topological polar surface area (TPSA) is 513 Å². The molecule has 2 fully saturated rings. The van der Waals surface area contributed by atoms with Gasteiger partial charge in [0.1, 0.15) is 71.9 Å². The van der Waals surface area contributed by atoms with Gasteiger partial charge < -0.3 is 95.5 Å². The Labute approximate surface area is 530 Å². The van der Waals surface area contributed by atoms with E-state index in [1.165, 1.54) is 74.1 Å². The van der Waals surface area contributed by atoms with Gasteiger partial charge in [0.15, 0.2) is 0 Å². The molecule has 0 aromatic heterocycles. The first kappa shape index (κ1) is 74.5. The number of nitrogens with two attached hydrogens (primary N) is 3. The van der Waals surface area contributed by atoms with Crippen LogP contribution < -0.4 is 65.1 Å². The molecule has 2 heterocycles. The summed E-state index contributed by atoms with van der Waals surface area (Å²) in [5.41, 5.74) is 18.1. The first-order valence-electron chi connectivity index (χ1n) is 28.6. The monoisotopic (exact) mass is 1320 g/mol. The fourth-order valence-electron chi connectivity index (χ4n) is 9.31. The number of amides is 12. The standard InChI is InChI=1S/C56H81N13O18S3/c1-26(2)43(56(86)87)66-51(81)39-25-90-89-24-33(57)46(76)62-36(21-29-8-12-31(72)13-9-29)50(80)64-38(23-42(59)75)55(85)69-19-6-7-40(69)52(82)67-45(28(4)71)54(84)68-44(27(3)70)53(83)63-37(22-30-10-14-32(73)15-11-30)49(79)60-34(16-17-41(58)74)47(77)61-35(18-20-88-5)48(78)65-39/h8-15,26-28,33-40,43-45,70-73H,6-7,16-25,57H2,1-5H3,(H2,58,74)(H2,59,75)(H,60,79)(H,61,77)(H,62,76)(H,63,83)(H,64,80)(H,65,78)(H,66,81)(H,67,82)(H,68,84)(H,86,87)/t27-,28-,33+,34+,35+,36+,37+,38+,39+,40+,43+,44+,45+/m1/s1. The molecule has 0 radical (unpaired) electrons. The number of primary amides is 2. The zero-order chi connectivity index (χ0) is 67.1. The van der Waals surface area contributed by atoms with Gasteiger partial charge in [0.05, 0.1) is 24.7 Å². The van der Waals surface area contributed by atoms with Crippen LogP contribution >= 0.6 is 33.3 Å². The molecule has 2 aromatic rings. The van der Waals surface area contributed by atoms with Crippen molar-refractivity contribution in [2.45, 2.75) is 158 Å². The van der Waals surface area contributed by atoms with E-state index in [0.29, 0.717) is 11.1 Å². The lowest BCUT2D eigenvalue weighted by Crippen LogP contribution is -2.63. The van der Waals surface area contributed by atoms with Crippen LogP contribution in [0, 0.1) is 5.92 Å². The Morgan fingerprint density at radius 3 is 1.56 bits per heavy atom. The van der Waals surface area contributed by atoms with Crippen molar-refractivity contribution in [2.24, 2.45) is 23.1 Å². The van der Waals surface area contributed by atoms with Crippen molar-refractivity contribution >= 4 is 110 Å². The number of nitrogens with zero attached hydrogens (tertiary/aromatic N) is 1. The number of aromatic hydroxyl groups is 2. The summed E-state index contributed by atoms with van der Waals surface area (Å²) in [7, 11) is 1.84. The van der Waals surface area contributed by atoms with Crippen LogP contribution in [0.3, 0.4) is 0 Å². The molecule has 0 saturated carbocycles. The van der Waals surface area contributed by atoms with Crippen LogP contribution in [0.1, 0.15) is 77.3 Å². The Bertz CT molecular complexity index is 2890. The maximum absolute atomic E-state index is 14.5. The number of aliphatic carboxylic acids is 1. The number of phenolic OH excluding ortho intramolecular Hbond substituents is 2. The maximum atomic E-state index is 14.5. The van der Waals surface area contributed by atoms with Gasteiger partial charge in [-0.05, 0) is 92.8 Å². The average molecular weight is 1320 g/mol.